The minimum absolute atomic E-state index is 0.0584. The molecule has 1 aliphatic rings. The summed E-state index contributed by atoms with van der Waals surface area (Å²) in [6.45, 7) is 2.62. The fraction of sp³-hybridized carbons (Fsp3) is 0.273. The summed E-state index contributed by atoms with van der Waals surface area (Å²) in [6, 6.07) is 9.99. The number of hydrogen-bond donors (Lipinski definition) is 0. The van der Waals surface area contributed by atoms with Crippen molar-refractivity contribution in [3.63, 3.8) is 0 Å². The molecule has 4 rings (SSSR count). The van der Waals surface area contributed by atoms with Gasteiger partial charge >= 0.3 is 0 Å². The average Bonchev–Trinajstić information content (AvgIpc) is 2.78. The zero-order valence-electron chi connectivity index (χ0n) is 16.8. The van der Waals surface area contributed by atoms with E-state index in [0.717, 1.165) is 12.1 Å². The molecule has 0 unspecified atom stereocenters. The number of benzene rings is 2. The van der Waals surface area contributed by atoms with Gasteiger partial charge in [0.15, 0.2) is 11.6 Å². The number of para-hydroxylation sites is 1. The van der Waals surface area contributed by atoms with Gasteiger partial charge in [-0.15, -0.1) is 0 Å². The Hall–Kier alpha value is -3.62. The molecule has 0 aliphatic carbocycles. The summed E-state index contributed by atoms with van der Waals surface area (Å²) in [6.07, 6.45) is 0. The van der Waals surface area contributed by atoms with Crippen molar-refractivity contribution in [3.8, 4) is 0 Å². The molecule has 2 heterocycles. The second-order valence-electron chi connectivity index (χ2n) is 7.37. The Kier molecular flexibility index (Phi) is 5.50. The zero-order valence-corrected chi connectivity index (χ0v) is 16.8. The second kappa shape index (κ2) is 8.25. The molecule has 0 atom stereocenters. The first kappa shape index (κ1) is 20.6. The third kappa shape index (κ3) is 4.03. The maximum Gasteiger partial charge on any atom is 0.261 e. The van der Waals surface area contributed by atoms with Crippen molar-refractivity contribution in [1.29, 1.82) is 0 Å². The molecular formula is C22H20F2N4O3. The van der Waals surface area contributed by atoms with Gasteiger partial charge < -0.3 is 9.80 Å². The molecule has 31 heavy (non-hydrogen) atoms. The van der Waals surface area contributed by atoms with Gasteiger partial charge in [-0.2, -0.15) is 0 Å². The number of fused-ring (bicyclic) bond motifs is 1. The lowest BCUT2D eigenvalue weighted by Crippen LogP contribution is -2.51. The van der Waals surface area contributed by atoms with E-state index in [1.807, 2.05) is 0 Å². The van der Waals surface area contributed by atoms with Gasteiger partial charge in [-0.05, 0) is 37.3 Å². The van der Waals surface area contributed by atoms with Gasteiger partial charge in [-0.25, -0.2) is 13.8 Å². The molecule has 1 aromatic heterocycles. The van der Waals surface area contributed by atoms with Crippen molar-refractivity contribution >= 4 is 22.7 Å². The van der Waals surface area contributed by atoms with E-state index in [2.05, 4.69) is 4.98 Å². The predicted octanol–water partition coefficient (Wildman–Crippen LogP) is 1.97. The normalized spacial score (nSPS) is 14.2. The summed E-state index contributed by atoms with van der Waals surface area (Å²) in [5.41, 5.74) is 0.366. The van der Waals surface area contributed by atoms with Crippen LogP contribution in [-0.4, -0.2) is 57.3 Å². The van der Waals surface area contributed by atoms with Crippen LogP contribution in [0.15, 0.2) is 47.3 Å². The monoisotopic (exact) mass is 426 g/mol. The number of carbonyl (C=O) groups is 2. The molecule has 0 saturated carbocycles. The first-order chi connectivity index (χ1) is 14.8. The van der Waals surface area contributed by atoms with Crippen LogP contribution in [0.3, 0.4) is 0 Å². The maximum absolute atomic E-state index is 13.4. The quantitative estimate of drug-likeness (QED) is 0.642. The molecule has 7 nitrogen and oxygen atoms in total. The number of aromatic nitrogens is 2. The summed E-state index contributed by atoms with van der Waals surface area (Å²) < 4.78 is 27.9. The first-order valence-electron chi connectivity index (χ1n) is 9.83. The predicted molar refractivity (Wildman–Crippen MR) is 110 cm³/mol. The minimum atomic E-state index is -1.08. The average molecular weight is 426 g/mol. The number of aryl methyl sites for hydroxylation is 1. The molecule has 2 amide bonds. The van der Waals surface area contributed by atoms with Crippen molar-refractivity contribution in [2.75, 3.05) is 26.2 Å². The van der Waals surface area contributed by atoms with Gasteiger partial charge in [0.2, 0.25) is 5.91 Å². The van der Waals surface area contributed by atoms with Crippen molar-refractivity contribution < 1.29 is 18.4 Å². The summed E-state index contributed by atoms with van der Waals surface area (Å²) in [5.74, 6) is -2.31. The molecule has 9 heteroatoms. The van der Waals surface area contributed by atoms with E-state index < -0.39 is 17.5 Å². The van der Waals surface area contributed by atoms with E-state index in [0.29, 0.717) is 16.7 Å². The Morgan fingerprint density at radius 3 is 2.35 bits per heavy atom. The highest BCUT2D eigenvalue weighted by Crippen LogP contribution is 2.14. The van der Waals surface area contributed by atoms with Crippen LogP contribution in [0.4, 0.5) is 8.78 Å². The van der Waals surface area contributed by atoms with E-state index in [1.165, 1.54) is 15.5 Å². The van der Waals surface area contributed by atoms with Crippen molar-refractivity contribution in [1.82, 2.24) is 19.4 Å². The first-order valence-corrected chi connectivity index (χ1v) is 9.83. The van der Waals surface area contributed by atoms with Crippen LogP contribution in [0.25, 0.3) is 10.9 Å². The Morgan fingerprint density at radius 1 is 0.968 bits per heavy atom. The summed E-state index contributed by atoms with van der Waals surface area (Å²) in [5, 5.41) is 0.447. The highest BCUT2D eigenvalue weighted by Gasteiger charge is 2.26. The molecular weight excluding hydrogens is 406 g/mol. The smallest absolute Gasteiger partial charge is 0.261 e. The van der Waals surface area contributed by atoms with Gasteiger partial charge in [-0.1, -0.05) is 12.1 Å². The van der Waals surface area contributed by atoms with Crippen molar-refractivity contribution in [2.45, 2.75) is 13.5 Å². The van der Waals surface area contributed by atoms with Crippen LogP contribution < -0.4 is 5.56 Å². The van der Waals surface area contributed by atoms with Gasteiger partial charge in [0.25, 0.3) is 11.5 Å². The standard InChI is InChI=1S/C22H20F2N4O3/c1-14-25-19-5-3-2-4-16(19)22(31)28(14)13-20(29)26-8-10-27(11-9-26)21(30)15-6-7-17(23)18(24)12-15/h2-7,12H,8-11,13H2,1H3. The van der Waals surface area contributed by atoms with Gasteiger partial charge in [0.1, 0.15) is 12.4 Å². The molecule has 1 aliphatic heterocycles. The van der Waals surface area contributed by atoms with E-state index in [4.69, 9.17) is 0 Å². The molecule has 3 aromatic rings. The van der Waals surface area contributed by atoms with E-state index in [9.17, 15) is 23.2 Å². The van der Waals surface area contributed by atoms with Crippen LogP contribution in [0.2, 0.25) is 0 Å². The van der Waals surface area contributed by atoms with E-state index in [1.54, 1.807) is 36.1 Å². The minimum Gasteiger partial charge on any atom is -0.338 e. The van der Waals surface area contributed by atoms with Gasteiger partial charge in [0.05, 0.1) is 10.9 Å². The largest absolute Gasteiger partial charge is 0.338 e. The Labute approximate surface area is 176 Å². The highest BCUT2D eigenvalue weighted by atomic mass is 19.2. The topological polar surface area (TPSA) is 75.5 Å². The Balaban J connectivity index is 1.43. The molecule has 0 bridgehead atoms. The lowest BCUT2D eigenvalue weighted by molar-refractivity contribution is -0.133. The van der Waals surface area contributed by atoms with Crippen LogP contribution in [0, 0.1) is 18.6 Å². The summed E-state index contributed by atoms with van der Waals surface area (Å²) in [7, 11) is 0. The third-order valence-corrected chi connectivity index (χ3v) is 5.43. The summed E-state index contributed by atoms with van der Waals surface area (Å²) >= 11 is 0. The Bertz CT molecular complexity index is 1230. The van der Waals surface area contributed by atoms with E-state index in [-0.39, 0.29) is 49.8 Å². The number of rotatable bonds is 3. The molecule has 1 fully saturated rings. The molecule has 0 spiro atoms. The van der Waals surface area contributed by atoms with Crippen LogP contribution in [0.5, 0.6) is 0 Å². The number of hydrogen-bond acceptors (Lipinski definition) is 4. The molecule has 0 radical (unpaired) electrons. The maximum atomic E-state index is 13.4. The zero-order chi connectivity index (χ0) is 22.1. The number of halogens is 2. The molecule has 160 valence electrons. The molecule has 2 aromatic carbocycles. The fourth-order valence-electron chi connectivity index (χ4n) is 3.67. The van der Waals surface area contributed by atoms with Crippen molar-refractivity contribution in [2.24, 2.45) is 0 Å². The van der Waals surface area contributed by atoms with Crippen LogP contribution in [-0.2, 0) is 11.3 Å². The number of amides is 2. The van der Waals surface area contributed by atoms with Crippen LogP contribution >= 0.6 is 0 Å². The molecule has 1 saturated heterocycles. The van der Waals surface area contributed by atoms with Gasteiger partial charge in [-0.3, -0.25) is 19.0 Å². The SMILES string of the molecule is Cc1nc2ccccc2c(=O)n1CC(=O)N1CCN(C(=O)c2ccc(F)c(F)c2)CC1. The van der Waals surface area contributed by atoms with E-state index >= 15 is 0 Å². The van der Waals surface area contributed by atoms with Gasteiger partial charge in [0, 0.05) is 31.7 Å². The third-order valence-electron chi connectivity index (χ3n) is 5.43. The fourth-order valence-corrected chi connectivity index (χ4v) is 3.67. The Morgan fingerprint density at radius 2 is 1.65 bits per heavy atom. The number of nitrogens with zero attached hydrogens (tertiary/aromatic N) is 4. The van der Waals surface area contributed by atoms with Crippen molar-refractivity contribution in [3.05, 3.63) is 75.8 Å². The number of carbonyl (C=O) groups excluding carboxylic acids is 2. The lowest BCUT2D eigenvalue weighted by atomic mass is 10.1. The second-order valence-corrected chi connectivity index (χ2v) is 7.37. The highest BCUT2D eigenvalue weighted by molar-refractivity contribution is 5.94. The number of piperazine rings is 1. The summed E-state index contributed by atoms with van der Waals surface area (Å²) in [4.78, 5) is 45.5. The lowest BCUT2D eigenvalue weighted by Gasteiger charge is -2.35. The van der Waals surface area contributed by atoms with Crippen LogP contribution in [0.1, 0.15) is 16.2 Å². The molecule has 0 N–H and O–H groups in total.